The van der Waals surface area contributed by atoms with Crippen LogP contribution < -0.4 is 4.90 Å². The molecule has 0 aromatic carbocycles. The zero-order valence-corrected chi connectivity index (χ0v) is 17.6. The van der Waals surface area contributed by atoms with Crippen LogP contribution in [0.15, 0.2) is 39.7 Å². The second-order valence-corrected chi connectivity index (χ2v) is 8.44. The number of hydrogen-bond donors (Lipinski definition) is 0. The van der Waals surface area contributed by atoms with Gasteiger partial charge in [0, 0.05) is 56.4 Å². The maximum atomic E-state index is 13.2. The molecule has 2 saturated heterocycles. The second kappa shape index (κ2) is 8.53. The van der Waals surface area contributed by atoms with Gasteiger partial charge in [-0.2, -0.15) is 16.3 Å². The van der Waals surface area contributed by atoms with Gasteiger partial charge in [-0.15, -0.1) is 0 Å². The molecule has 156 valence electrons. The average Bonchev–Trinajstić information content (AvgIpc) is 3.56. The monoisotopic (exact) mass is 424 g/mol. The lowest BCUT2D eigenvalue weighted by atomic mass is 10.2. The molecule has 0 unspecified atom stereocenters. The second-order valence-electron chi connectivity index (χ2n) is 7.66. The molecule has 5 heterocycles. The average molecular weight is 425 g/mol. The standard InChI is InChI=1S/C21H24N6O2S/c28-21(17-4-3-6-22-20(17)26-7-1-2-8-26)27-11-9-25(10-12-27)14-18-23-19(24-29-18)16-5-13-30-15-16/h3-6,13,15H,1-2,7-12,14H2. The fourth-order valence-electron chi connectivity index (χ4n) is 4.04. The third kappa shape index (κ3) is 3.95. The van der Waals surface area contributed by atoms with Gasteiger partial charge in [-0.1, -0.05) is 5.16 Å². The van der Waals surface area contributed by atoms with Crippen molar-refractivity contribution in [3.8, 4) is 11.4 Å². The third-order valence-electron chi connectivity index (χ3n) is 5.69. The molecule has 9 heteroatoms. The lowest BCUT2D eigenvalue weighted by Gasteiger charge is -2.34. The molecular weight excluding hydrogens is 400 g/mol. The molecule has 3 aromatic heterocycles. The van der Waals surface area contributed by atoms with Crippen LogP contribution in [0.3, 0.4) is 0 Å². The molecule has 2 aliphatic heterocycles. The van der Waals surface area contributed by atoms with Crippen molar-refractivity contribution < 1.29 is 9.32 Å². The van der Waals surface area contributed by atoms with E-state index in [0.29, 0.717) is 36.9 Å². The van der Waals surface area contributed by atoms with Crippen LogP contribution in [0.5, 0.6) is 0 Å². The van der Waals surface area contributed by atoms with E-state index in [1.165, 1.54) is 0 Å². The largest absolute Gasteiger partial charge is 0.356 e. The van der Waals surface area contributed by atoms with Crippen molar-refractivity contribution in [1.82, 2.24) is 24.9 Å². The predicted molar refractivity (Wildman–Crippen MR) is 114 cm³/mol. The summed E-state index contributed by atoms with van der Waals surface area (Å²) in [6.45, 7) is 5.47. The minimum absolute atomic E-state index is 0.0715. The molecule has 5 rings (SSSR count). The summed E-state index contributed by atoms with van der Waals surface area (Å²) in [4.78, 5) is 28.6. The maximum Gasteiger partial charge on any atom is 0.257 e. The minimum atomic E-state index is 0.0715. The SMILES string of the molecule is O=C(c1cccnc1N1CCCC1)N1CCN(Cc2nc(-c3ccsc3)no2)CC1. The Hall–Kier alpha value is -2.78. The van der Waals surface area contributed by atoms with E-state index in [2.05, 4.69) is 24.9 Å². The van der Waals surface area contributed by atoms with E-state index >= 15 is 0 Å². The molecule has 1 amide bonds. The Balaban J connectivity index is 1.20. The molecule has 0 atom stereocenters. The maximum absolute atomic E-state index is 13.2. The van der Waals surface area contributed by atoms with Crippen molar-refractivity contribution in [3.05, 3.63) is 46.6 Å². The zero-order valence-electron chi connectivity index (χ0n) is 16.7. The van der Waals surface area contributed by atoms with Gasteiger partial charge in [-0.25, -0.2) is 4.98 Å². The molecule has 2 aliphatic rings. The van der Waals surface area contributed by atoms with Crippen LogP contribution in [0.1, 0.15) is 29.1 Å². The Morgan fingerprint density at radius 2 is 1.93 bits per heavy atom. The summed E-state index contributed by atoms with van der Waals surface area (Å²) < 4.78 is 5.42. The van der Waals surface area contributed by atoms with Gasteiger partial charge in [0.05, 0.1) is 12.1 Å². The van der Waals surface area contributed by atoms with Gasteiger partial charge in [0.25, 0.3) is 5.91 Å². The summed E-state index contributed by atoms with van der Waals surface area (Å²) in [5.74, 6) is 2.14. The molecule has 2 fully saturated rings. The molecule has 0 spiro atoms. The third-order valence-corrected chi connectivity index (χ3v) is 6.37. The number of anilines is 1. The van der Waals surface area contributed by atoms with E-state index in [1.54, 1.807) is 17.5 Å². The lowest BCUT2D eigenvalue weighted by molar-refractivity contribution is 0.0615. The first kappa shape index (κ1) is 19.2. The van der Waals surface area contributed by atoms with Gasteiger partial charge in [0.15, 0.2) is 0 Å². The first-order valence-corrected chi connectivity index (χ1v) is 11.3. The summed E-state index contributed by atoms with van der Waals surface area (Å²) in [5.41, 5.74) is 1.70. The minimum Gasteiger partial charge on any atom is -0.356 e. The molecule has 0 bridgehead atoms. The number of amides is 1. The highest BCUT2D eigenvalue weighted by molar-refractivity contribution is 7.08. The Kier molecular flexibility index (Phi) is 5.46. The van der Waals surface area contributed by atoms with E-state index < -0.39 is 0 Å². The van der Waals surface area contributed by atoms with Crippen LogP contribution in [0.25, 0.3) is 11.4 Å². The van der Waals surface area contributed by atoms with Crippen LogP contribution >= 0.6 is 11.3 Å². The van der Waals surface area contributed by atoms with E-state index in [9.17, 15) is 4.79 Å². The number of rotatable bonds is 5. The number of piperazine rings is 1. The summed E-state index contributed by atoms with van der Waals surface area (Å²) in [7, 11) is 0. The highest BCUT2D eigenvalue weighted by Crippen LogP contribution is 2.24. The summed E-state index contributed by atoms with van der Waals surface area (Å²) in [6, 6.07) is 5.74. The van der Waals surface area contributed by atoms with E-state index in [0.717, 1.165) is 50.4 Å². The van der Waals surface area contributed by atoms with Gasteiger partial charge in [0.2, 0.25) is 11.7 Å². The van der Waals surface area contributed by atoms with Crippen molar-refractivity contribution in [2.45, 2.75) is 19.4 Å². The van der Waals surface area contributed by atoms with Crippen molar-refractivity contribution in [3.63, 3.8) is 0 Å². The van der Waals surface area contributed by atoms with Crippen LogP contribution in [-0.2, 0) is 6.54 Å². The highest BCUT2D eigenvalue weighted by Gasteiger charge is 2.27. The molecule has 8 nitrogen and oxygen atoms in total. The van der Waals surface area contributed by atoms with Crippen LogP contribution in [0.2, 0.25) is 0 Å². The van der Waals surface area contributed by atoms with Crippen LogP contribution in [-0.4, -0.2) is 70.1 Å². The van der Waals surface area contributed by atoms with E-state index in [4.69, 9.17) is 4.52 Å². The number of carbonyl (C=O) groups excluding carboxylic acids is 1. The summed E-state index contributed by atoms with van der Waals surface area (Å²) in [5, 5.41) is 8.08. The normalized spacial score (nSPS) is 17.6. The lowest BCUT2D eigenvalue weighted by Crippen LogP contribution is -2.48. The van der Waals surface area contributed by atoms with E-state index in [1.807, 2.05) is 33.9 Å². The Morgan fingerprint density at radius 1 is 1.10 bits per heavy atom. The molecule has 30 heavy (non-hydrogen) atoms. The van der Waals surface area contributed by atoms with Crippen molar-refractivity contribution in [2.24, 2.45) is 0 Å². The molecule has 0 radical (unpaired) electrons. The van der Waals surface area contributed by atoms with Gasteiger partial charge >= 0.3 is 0 Å². The van der Waals surface area contributed by atoms with Crippen molar-refractivity contribution in [2.75, 3.05) is 44.2 Å². The van der Waals surface area contributed by atoms with Gasteiger partial charge in [-0.3, -0.25) is 9.69 Å². The molecule has 0 N–H and O–H groups in total. The van der Waals surface area contributed by atoms with Crippen molar-refractivity contribution in [1.29, 1.82) is 0 Å². The summed E-state index contributed by atoms with van der Waals surface area (Å²) in [6.07, 6.45) is 4.09. The molecule has 3 aromatic rings. The van der Waals surface area contributed by atoms with Gasteiger partial charge < -0.3 is 14.3 Å². The van der Waals surface area contributed by atoms with Crippen molar-refractivity contribution >= 4 is 23.1 Å². The van der Waals surface area contributed by atoms with Gasteiger partial charge in [0.1, 0.15) is 5.82 Å². The predicted octanol–water partition coefficient (Wildman–Crippen LogP) is 2.75. The molecule has 0 saturated carbocycles. The van der Waals surface area contributed by atoms with Crippen LogP contribution in [0, 0.1) is 0 Å². The van der Waals surface area contributed by atoms with Crippen LogP contribution in [0.4, 0.5) is 5.82 Å². The smallest absolute Gasteiger partial charge is 0.257 e. The fraction of sp³-hybridized carbons (Fsp3) is 0.429. The summed E-state index contributed by atoms with van der Waals surface area (Å²) >= 11 is 1.61. The first-order valence-electron chi connectivity index (χ1n) is 10.3. The topological polar surface area (TPSA) is 78.6 Å². The fourth-order valence-corrected chi connectivity index (χ4v) is 4.68. The Labute approximate surface area is 179 Å². The Morgan fingerprint density at radius 3 is 2.70 bits per heavy atom. The zero-order chi connectivity index (χ0) is 20.3. The number of carbonyl (C=O) groups is 1. The van der Waals surface area contributed by atoms with E-state index in [-0.39, 0.29) is 5.91 Å². The first-order chi connectivity index (χ1) is 14.8. The number of hydrogen-bond acceptors (Lipinski definition) is 8. The number of thiophene rings is 1. The molecule has 0 aliphatic carbocycles. The van der Waals surface area contributed by atoms with Gasteiger partial charge in [-0.05, 0) is 36.4 Å². The quantitative estimate of drug-likeness (QED) is 0.623. The number of pyridine rings is 1. The number of nitrogens with zero attached hydrogens (tertiary/aromatic N) is 6. The molecular formula is C21H24N6O2S. The number of aromatic nitrogens is 3. The Bertz CT molecular complexity index is 991. The highest BCUT2D eigenvalue weighted by atomic mass is 32.1.